The molecule has 0 fully saturated rings. The summed E-state index contributed by atoms with van der Waals surface area (Å²) in [5.74, 6) is 3.46. The van der Waals surface area contributed by atoms with Gasteiger partial charge in [-0.05, 0) is 45.8 Å². The molecule has 2 aromatic rings. The Hall–Kier alpha value is -1.37. The van der Waals surface area contributed by atoms with E-state index in [1.807, 2.05) is 0 Å². The zero-order valence-electron chi connectivity index (χ0n) is 9.63. The Bertz CT molecular complexity index is 587. The van der Waals surface area contributed by atoms with Crippen molar-refractivity contribution in [3.8, 4) is 0 Å². The lowest BCUT2D eigenvalue weighted by atomic mass is 9.98. The molecule has 0 aliphatic carbocycles. The molecule has 0 aliphatic heterocycles. The molecular weight excluding hydrogens is 321 g/mol. The van der Waals surface area contributed by atoms with Crippen LogP contribution in [-0.2, 0) is 0 Å². The van der Waals surface area contributed by atoms with Crippen molar-refractivity contribution < 1.29 is 13.2 Å². The third-order valence-electron chi connectivity index (χ3n) is 2.74. The molecule has 0 aromatic heterocycles. The minimum atomic E-state index is -0.905. The van der Waals surface area contributed by atoms with Gasteiger partial charge >= 0.3 is 0 Å². The van der Waals surface area contributed by atoms with Crippen LogP contribution in [0.15, 0.2) is 40.9 Å². The Kier molecular flexibility index (Phi) is 4.24. The van der Waals surface area contributed by atoms with Gasteiger partial charge in [0.25, 0.3) is 0 Å². The molecule has 2 aromatic carbocycles. The molecule has 0 radical (unpaired) electrons. The van der Waals surface area contributed by atoms with Crippen molar-refractivity contribution in [1.29, 1.82) is 0 Å². The zero-order valence-corrected chi connectivity index (χ0v) is 11.2. The number of halogens is 4. The zero-order chi connectivity index (χ0) is 14.0. The quantitative estimate of drug-likeness (QED) is 0.514. The van der Waals surface area contributed by atoms with E-state index >= 15 is 0 Å². The fourth-order valence-corrected chi connectivity index (χ4v) is 2.15. The lowest BCUT2D eigenvalue weighted by Crippen LogP contribution is -2.30. The molecule has 0 spiro atoms. The fourth-order valence-electron chi connectivity index (χ4n) is 1.81. The topological polar surface area (TPSA) is 38.0 Å². The summed E-state index contributed by atoms with van der Waals surface area (Å²) in [7, 11) is 0. The van der Waals surface area contributed by atoms with E-state index in [0.717, 1.165) is 6.07 Å². The molecule has 1 atom stereocenters. The molecule has 0 saturated carbocycles. The van der Waals surface area contributed by atoms with Gasteiger partial charge in [-0.2, -0.15) is 0 Å². The van der Waals surface area contributed by atoms with Crippen molar-refractivity contribution in [2.45, 2.75) is 6.04 Å². The highest BCUT2D eigenvalue weighted by molar-refractivity contribution is 9.10. The van der Waals surface area contributed by atoms with E-state index in [1.54, 1.807) is 0 Å². The summed E-state index contributed by atoms with van der Waals surface area (Å²) in [6.45, 7) is 0. The summed E-state index contributed by atoms with van der Waals surface area (Å²) in [6, 6.07) is 6.74. The first-order valence-corrected chi connectivity index (χ1v) is 6.19. The first kappa shape index (κ1) is 14.0. The maximum absolute atomic E-state index is 14.0. The predicted molar refractivity (Wildman–Crippen MR) is 69.6 cm³/mol. The Morgan fingerprint density at radius 2 is 1.63 bits per heavy atom. The first-order chi connectivity index (χ1) is 9.04. The molecule has 2 rings (SSSR count). The number of nitrogens with one attached hydrogen (secondary N) is 1. The van der Waals surface area contributed by atoms with Gasteiger partial charge in [-0.15, -0.1) is 0 Å². The molecule has 1 unspecified atom stereocenters. The summed E-state index contributed by atoms with van der Waals surface area (Å²) in [4.78, 5) is 0. The van der Waals surface area contributed by atoms with Gasteiger partial charge in [0.2, 0.25) is 0 Å². The minimum Gasteiger partial charge on any atom is -0.271 e. The molecule has 0 aliphatic rings. The summed E-state index contributed by atoms with van der Waals surface area (Å²) in [5, 5.41) is 0. The van der Waals surface area contributed by atoms with Crippen molar-refractivity contribution in [1.82, 2.24) is 5.43 Å². The van der Waals surface area contributed by atoms with E-state index in [-0.39, 0.29) is 10.0 Å². The highest BCUT2D eigenvalue weighted by Gasteiger charge is 2.22. The average Bonchev–Trinajstić information content (AvgIpc) is 2.40. The minimum absolute atomic E-state index is 0.131. The van der Waals surface area contributed by atoms with Crippen LogP contribution in [0.4, 0.5) is 13.2 Å². The van der Waals surface area contributed by atoms with Crippen molar-refractivity contribution >= 4 is 15.9 Å². The Labute approximate surface area is 116 Å². The fraction of sp³-hybridized carbons (Fsp3) is 0.0769. The van der Waals surface area contributed by atoms with Crippen LogP contribution >= 0.6 is 15.9 Å². The van der Waals surface area contributed by atoms with Gasteiger partial charge in [0.15, 0.2) is 0 Å². The SMILES string of the molecule is NNC(c1ccc(F)cc1)c1c(F)ccc(Br)c1F. The largest absolute Gasteiger partial charge is 0.271 e. The normalized spacial score (nSPS) is 12.5. The number of rotatable bonds is 3. The van der Waals surface area contributed by atoms with Crippen molar-refractivity contribution in [2.24, 2.45) is 5.84 Å². The van der Waals surface area contributed by atoms with Crippen molar-refractivity contribution in [3.63, 3.8) is 0 Å². The Morgan fingerprint density at radius 3 is 2.21 bits per heavy atom. The molecule has 100 valence electrons. The molecule has 3 N–H and O–H groups in total. The van der Waals surface area contributed by atoms with E-state index < -0.39 is 23.5 Å². The number of hydrazine groups is 1. The Morgan fingerprint density at radius 1 is 1.00 bits per heavy atom. The van der Waals surface area contributed by atoms with E-state index in [4.69, 9.17) is 5.84 Å². The Balaban J connectivity index is 2.54. The summed E-state index contributed by atoms with van der Waals surface area (Å²) >= 11 is 2.99. The van der Waals surface area contributed by atoms with Crippen LogP contribution in [0.25, 0.3) is 0 Å². The highest BCUT2D eigenvalue weighted by atomic mass is 79.9. The van der Waals surface area contributed by atoms with Crippen LogP contribution in [0.5, 0.6) is 0 Å². The smallest absolute Gasteiger partial charge is 0.145 e. The van der Waals surface area contributed by atoms with Gasteiger partial charge in [0.05, 0.1) is 10.5 Å². The lowest BCUT2D eigenvalue weighted by Gasteiger charge is -2.18. The van der Waals surface area contributed by atoms with E-state index in [2.05, 4.69) is 21.4 Å². The van der Waals surface area contributed by atoms with Gasteiger partial charge in [-0.25, -0.2) is 18.6 Å². The summed E-state index contributed by atoms with van der Waals surface area (Å²) in [5.41, 5.74) is 2.58. The third-order valence-corrected chi connectivity index (χ3v) is 3.35. The van der Waals surface area contributed by atoms with Crippen LogP contribution in [0.2, 0.25) is 0 Å². The van der Waals surface area contributed by atoms with Crippen LogP contribution in [0.3, 0.4) is 0 Å². The van der Waals surface area contributed by atoms with Gasteiger partial charge in [0.1, 0.15) is 17.5 Å². The number of benzene rings is 2. The maximum atomic E-state index is 14.0. The molecule has 2 nitrogen and oxygen atoms in total. The van der Waals surface area contributed by atoms with Gasteiger partial charge in [-0.1, -0.05) is 12.1 Å². The molecule has 19 heavy (non-hydrogen) atoms. The third kappa shape index (κ3) is 2.80. The van der Waals surface area contributed by atoms with Crippen LogP contribution < -0.4 is 11.3 Å². The van der Waals surface area contributed by atoms with Gasteiger partial charge in [0, 0.05) is 5.56 Å². The average molecular weight is 331 g/mol. The van der Waals surface area contributed by atoms with Gasteiger partial charge in [-0.3, -0.25) is 5.84 Å². The second-order valence-corrected chi connectivity index (χ2v) is 4.76. The van der Waals surface area contributed by atoms with Crippen molar-refractivity contribution in [2.75, 3.05) is 0 Å². The lowest BCUT2D eigenvalue weighted by molar-refractivity contribution is 0.507. The van der Waals surface area contributed by atoms with Crippen molar-refractivity contribution in [3.05, 3.63) is 69.4 Å². The first-order valence-electron chi connectivity index (χ1n) is 5.39. The monoisotopic (exact) mass is 330 g/mol. The molecular formula is C13H10BrF3N2. The second-order valence-electron chi connectivity index (χ2n) is 3.91. The summed E-state index contributed by atoms with van der Waals surface area (Å²) < 4.78 is 40.8. The highest BCUT2D eigenvalue weighted by Crippen LogP contribution is 2.30. The van der Waals surface area contributed by atoms with Crippen LogP contribution in [-0.4, -0.2) is 0 Å². The molecule has 0 amide bonds. The van der Waals surface area contributed by atoms with Crippen LogP contribution in [0, 0.1) is 17.5 Å². The standard InChI is InChI=1S/C13H10BrF3N2/c14-9-5-6-10(16)11(12(9)17)13(19-18)7-1-3-8(15)4-2-7/h1-6,13,19H,18H2. The van der Waals surface area contributed by atoms with Crippen LogP contribution in [0.1, 0.15) is 17.2 Å². The predicted octanol–water partition coefficient (Wildman–Crippen LogP) is 3.42. The molecule has 0 saturated heterocycles. The maximum Gasteiger partial charge on any atom is 0.145 e. The number of hydrogen-bond acceptors (Lipinski definition) is 2. The number of hydrogen-bond donors (Lipinski definition) is 2. The van der Waals surface area contributed by atoms with E-state index in [0.29, 0.717) is 5.56 Å². The van der Waals surface area contributed by atoms with E-state index in [1.165, 1.54) is 30.3 Å². The molecule has 0 bridgehead atoms. The van der Waals surface area contributed by atoms with E-state index in [9.17, 15) is 13.2 Å². The molecule has 6 heteroatoms. The molecule has 0 heterocycles. The second kappa shape index (κ2) is 5.73. The summed E-state index contributed by atoms with van der Waals surface area (Å²) in [6.07, 6.45) is 0. The van der Waals surface area contributed by atoms with Gasteiger partial charge < -0.3 is 0 Å². The number of nitrogens with two attached hydrogens (primary N) is 1.